The molecule has 0 spiro atoms. The molecule has 116 valence electrons. The largest absolute Gasteiger partial charge is 0.338 e. The van der Waals surface area contributed by atoms with Gasteiger partial charge in [-0.05, 0) is 36.9 Å². The van der Waals surface area contributed by atoms with Gasteiger partial charge in [0.1, 0.15) is 6.54 Å². The zero-order valence-electron chi connectivity index (χ0n) is 13.3. The highest BCUT2D eigenvalue weighted by Gasteiger charge is 2.05. The van der Waals surface area contributed by atoms with Crippen LogP contribution in [0.5, 0.6) is 0 Å². The van der Waals surface area contributed by atoms with Crippen LogP contribution in [0.1, 0.15) is 18.1 Å². The molecule has 0 aliphatic carbocycles. The maximum Gasteiger partial charge on any atom is 0.259 e. The van der Waals surface area contributed by atoms with Crippen molar-refractivity contribution in [2.75, 3.05) is 0 Å². The van der Waals surface area contributed by atoms with Gasteiger partial charge in [-0.15, -0.1) is 0 Å². The molecule has 0 saturated heterocycles. The minimum absolute atomic E-state index is 0.141. The van der Waals surface area contributed by atoms with Crippen molar-refractivity contribution < 1.29 is 4.79 Å². The summed E-state index contributed by atoms with van der Waals surface area (Å²) in [6.45, 7) is 4.17. The number of benzene rings is 2. The Labute approximate surface area is 135 Å². The number of hydrogen-bond acceptors (Lipinski definition) is 2. The number of nitrogens with one attached hydrogen (secondary N) is 1. The second kappa shape index (κ2) is 6.48. The number of fused-ring (bicyclic) bond motifs is 1. The van der Waals surface area contributed by atoms with Crippen LogP contribution in [-0.4, -0.2) is 16.2 Å². The van der Waals surface area contributed by atoms with Gasteiger partial charge in [0.25, 0.3) is 5.91 Å². The Kier molecular flexibility index (Phi) is 4.24. The number of hydrazone groups is 1. The molecular formula is C19H19N3O. The highest BCUT2D eigenvalue weighted by atomic mass is 16.2. The van der Waals surface area contributed by atoms with E-state index in [1.54, 1.807) is 0 Å². The topological polar surface area (TPSA) is 46.4 Å². The van der Waals surface area contributed by atoms with Gasteiger partial charge in [0, 0.05) is 11.7 Å². The van der Waals surface area contributed by atoms with E-state index in [1.807, 2.05) is 79.2 Å². The maximum absolute atomic E-state index is 12.1. The molecule has 0 unspecified atom stereocenters. The van der Waals surface area contributed by atoms with Crippen molar-refractivity contribution in [3.63, 3.8) is 0 Å². The van der Waals surface area contributed by atoms with Gasteiger partial charge in [0.05, 0.1) is 5.71 Å². The van der Waals surface area contributed by atoms with Crippen LogP contribution in [0.15, 0.2) is 65.9 Å². The number of carbonyl (C=O) groups excluding carboxylic acids is 1. The molecule has 0 bridgehead atoms. The summed E-state index contributed by atoms with van der Waals surface area (Å²) in [6.07, 6.45) is 1.92. The normalized spacial score (nSPS) is 11.7. The lowest BCUT2D eigenvalue weighted by Crippen LogP contribution is -2.23. The highest BCUT2D eigenvalue weighted by molar-refractivity contribution is 5.99. The first kappa shape index (κ1) is 15.0. The third-order valence-corrected chi connectivity index (χ3v) is 3.81. The first-order valence-corrected chi connectivity index (χ1v) is 7.57. The van der Waals surface area contributed by atoms with Crippen molar-refractivity contribution in [3.8, 4) is 0 Å². The number of amides is 1. The Morgan fingerprint density at radius 1 is 1.09 bits per heavy atom. The van der Waals surface area contributed by atoms with E-state index in [0.29, 0.717) is 0 Å². The Bertz CT molecular complexity index is 860. The molecule has 3 rings (SSSR count). The molecule has 1 N–H and O–H groups in total. The predicted octanol–water partition coefficient (Wildman–Crippen LogP) is 3.49. The molecule has 0 fully saturated rings. The van der Waals surface area contributed by atoms with Crippen LogP contribution in [0.25, 0.3) is 10.9 Å². The molecular weight excluding hydrogens is 286 g/mol. The van der Waals surface area contributed by atoms with E-state index < -0.39 is 0 Å². The Morgan fingerprint density at radius 2 is 1.83 bits per heavy atom. The van der Waals surface area contributed by atoms with E-state index in [2.05, 4.69) is 10.5 Å². The number of rotatable bonds is 4. The predicted molar refractivity (Wildman–Crippen MR) is 93.5 cm³/mol. The third kappa shape index (κ3) is 3.48. The molecule has 0 atom stereocenters. The highest BCUT2D eigenvalue weighted by Crippen LogP contribution is 2.14. The fraction of sp³-hybridized carbons (Fsp3) is 0.158. The van der Waals surface area contributed by atoms with E-state index in [-0.39, 0.29) is 12.5 Å². The second-order valence-corrected chi connectivity index (χ2v) is 5.60. The maximum atomic E-state index is 12.1. The zero-order chi connectivity index (χ0) is 16.2. The van der Waals surface area contributed by atoms with Crippen LogP contribution >= 0.6 is 0 Å². The number of hydrogen-bond donors (Lipinski definition) is 1. The van der Waals surface area contributed by atoms with Gasteiger partial charge in [-0.25, -0.2) is 5.43 Å². The van der Waals surface area contributed by atoms with Crippen LogP contribution in [0, 0.1) is 6.92 Å². The third-order valence-electron chi connectivity index (χ3n) is 3.81. The van der Waals surface area contributed by atoms with Crippen molar-refractivity contribution in [1.82, 2.24) is 9.99 Å². The summed E-state index contributed by atoms with van der Waals surface area (Å²) in [4.78, 5) is 12.1. The Hall–Kier alpha value is -2.88. The summed E-state index contributed by atoms with van der Waals surface area (Å²) in [5, 5.41) is 5.31. The van der Waals surface area contributed by atoms with E-state index in [0.717, 1.165) is 22.2 Å². The number of carbonyl (C=O) groups is 1. The molecule has 1 amide bonds. The van der Waals surface area contributed by atoms with Crippen molar-refractivity contribution in [2.45, 2.75) is 20.4 Å². The molecule has 1 aromatic heterocycles. The van der Waals surface area contributed by atoms with E-state index in [9.17, 15) is 4.79 Å². The minimum atomic E-state index is -0.141. The first-order valence-electron chi connectivity index (χ1n) is 7.57. The van der Waals surface area contributed by atoms with Crippen molar-refractivity contribution >= 4 is 22.5 Å². The van der Waals surface area contributed by atoms with Gasteiger partial charge in [-0.1, -0.05) is 48.0 Å². The summed E-state index contributed by atoms with van der Waals surface area (Å²) >= 11 is 0. The molecule has 23 heavy (non-hydrogen) atoms. The Morgan fingerprint density at radius 3 is 2.61 bits per heavy atom. The van der Waals surface area contributed by atoms with E-state index in [4.69, 9.17) is 0 Å². The van der Waals surface area contributed by atoms with E-state index in [1.165, 1.54) is 5.56 Å². The molecule has 4 heteroatoms. The fourth-order valence-electron chi connectivity index (χ4n) is 2.47. The summed E-state index contributed by atoms with van der Waals surface area (Å²) in [6, 6.07) is 18.1. The first-order chi connectivity index (χ1) is 11.1. The number of nitrogens with zero attached hydrogens (tertiary/aromatic N) is 2. The summed E-state index contributed by atoms with van der Waals surface area (Å²) in [7, 11) is 0. The molecule has 0 radical (unpaired) electrons. The standard InChI is InChI=1S/C19H19N3O/c1-14-7-9-16(10-8-14)15(2)20-21-19(23)13-22-12-11-17-5-3-4-6-18(17)22/h3-12H,13H2,1-2H3,(H,21,23). The molecule has 1 heterocycles. The van der Waals surface area contributed by atoms with Crippen LogP contribution < -0.4 is 5.43 Å². The number of aromatic nitrogens is 1. The quantitative estimate of drug-likeness (QED) is 0.582. The SMILES string of the molecule is CC(=NNC(=O)Cn1ccc2ccccc21)c1ccc(C)cc1. The van der Waals surface area contributed by atoms with Gasteiger partial charge in [-0.3, -0.25) is 4.79 Å². The summed E-state index contributed by atoms with van der Waals surface area (Å²) in [5.41, 5.74) is 6.66. The smallest absolute Gasteiger partial charge is 0.259 e. The van der Waals surface area contributed by atoms with Crippen LogP contribution in [0.3, 0.4) is 0 Å². The molecule has 0 aliphatic heterocycles. The van der Waals surface area contributed by atoms with Gasteiger partial charge in [0.15, 0.2) is 0 Å². The van der Waals surface area contributed by atoms with Crippen LogP contribution in [0.2, 0.25) is 0 Å². The molecule has 0 saturated carbocycles. The molecule has 4 nitrogen and oxygen atoms in total. The van der Waals surface area contributed by atoms with E-state index >= 15 is 0 Å². The average molecular weight is 305 g/mol. The van der Waals surface area contributed by atoms with Crippen molar-refractivity contribution in [3.05, 3.63) is 71.9 Å². The minimum Gasteiger partial charge on any atom is -0.338 e. The summed E-state index contributed by atoms with van der Waals surface area (Å²) in [5.74, 6) is -0.141. The van der Waals surface area contributed by atoms with Crippen molar-refractivity contribution in [2.24, 2.45) is 5.10 Å². The van der Waals surface area contributed by atoms with Gasteiger partial charge >= 0.3 is 0 Å². The van der Waals surface area contributed by atoms with Crippen molar-refractivity contribution in [1.29, 1.82) is 0 Å². The fourth-order valence-corrected chi connectivity index (χ4v) is 2.47. The summed E-state index contributed by atoms with van der Waals surface area (Å²) < 4.78 is 1.92. The monoisotopic (exact) mass is 305 g/mol. The van der Waals surface area contributed by atoms with Crippen LogP contribution in [0.4, 0.5) is 0 Å². The lowest BCUT2D eigenvalue weighted by molar-refractivity contribution is -0.121. The lowest BCUT2D eigenvalue weighted by Gasteiger charge is -2.06. The second-order valence-electron chi connectivity index (χ2n) is 5.60. The molecule has 3 aromatic rings. The van der Waals surface area contributed by atoms with Gasteiger partial charge in [-0.2, -0.15) is 5.10 Å². The van der Waals surface area contributed by atoms with Gasteiger partial charge < -0.3 is 4.57 Å². The molecule has 2 aromatic carbocycles. The molecule has 0 aliphatic rings. The zero-order valence-corrected chi connectivity index (χ0v) is 13.3. The number of aryl methyl sites for hydroxylation is 1. The Balaban J connectivity index is 1.67. The average Bonchev–Trinajstić information content (AvgIpc) is 2.96. The van der Waals surface area contributed by atoms with Crippen LogP contribution in [-0.2, 0) is 11.3 Å². The van der Waals surface area contributed by atoms with Gasteiger partial charge in [0.2, 0.25) is 0 Å². The number of para-hydroxylation sites is 1. The lowest BCUT2D eigenvalue weighted by atomic mass is 10.1.